The van der Waals surface area contributed by atoms with Gasteiger partial charge >= 0.3 is 0 Å². The number of hydrogen-bond donors (Lipinski definition) is 1. The number of likely N-dealkylation sites (tertiary alicyclic amines) is 1. The molecule has 0 spiro atoms. The fraction of sp³-hybridized carbons (Fsp3) is 0.407. The Hall–Kier alpha value is -2.77. The Morgan fingerprint density at radius 2 is 2.03 bits per heavy atom. The van der Waals surface area contributed by atoms with Gasteiger partial charge in [0.15, 0.2) is 0 Å². The number of rotatable bonds is 5. The lowest BCUT2D eigenvalue weighted by atomic mass is 9.93. The summed E-state index contributed by atoms with van der Waals surface area (Å²) in [5.41, 5.74) is 3.10. The molecule has 1 aliphatic carbocycles. The first-order chi connectivity index (χ1) is 16.8. The van der Waals surface area contributed by atoms with Crippen molar-refractivity contribution >= 4 is 34.8 Å². The summed E-state index contributed by atoms with van der Waals surface area (Å²) in [4.78, 5) is 38.3. The third-order valence-electron chi connectivity index (χ3n) is 7.23. The number of nitrogens with zero attached hydrogens (tertiary/aromatic N) is 3. The van der Waals surface area contributed by atoms with Crippen molar-refractivity contribution in [3.8, 4) is 10.4 Å². The highest BCUT2D eigenvalue weighted by atomic mass is 35.5. The summed E-state index contributed by atoms with van der Waals surface area (Å²) in [5.74, 6) is 1.17. The van der Waals surface area contributed by atoms with Gasteiger partial charge in [-0.1, -0.05) is 48.4 Å². The summed E-state index contributed by atoms with van der Waals surface area (Å²) in [7, 11) is 0. The van der Waals surface area contributed by atoms with Crippen LogP contribution in [0.2, 0.25) is 5.02 Å². The number of carbonyl (C=O) groups is 2. The lowest BCUT2D eigenvalue weighted by Gasteiger charge is -2.28. The molecule has 0 radical (unpaired) electrons. The van der Waals surface area contributed by atoms with Gasteiger partial charge in [0, 0.05) is 25.5 Å². The average Bonchev–Trinajstić information content (AvgIpc) is 3.49. The lowest BCUT2D eigenvalue weighted by Crippen LogP contribution is -2.46. The number of nitrogens with one attached hydrogen (secondary N) is 1. The van der Waals surface area contributed by atoms with Crippen LogP contribution in [0.25, 0.3) is 10.4 Å². The number of aryl methyl sites for hydroxylation is 2. The molecule has 2 amide bonds. The summed E-state index contributed by atoms with van der Waals surface area (Å²) < 4.78 is 0. The Kier molecular flexibility index (Phi) is 6.64. The standard InChI is InChI=1S/C27H29ClN4O2S/c1-15-5-4-6-18(7-15)25-24(31-17(3)35-25)27(34)32-14-20-8-16(2)9-22(20)23(32)13-30-26(33)19-10-21(28)12-29-11-19/h4-7,10-12,16,20,22-23H,8-9,13-14H2,1-3H3,(H,30,33)/t16?,20-,22-,23+/m0/s1. The topological polar surface area (TPSA) is 75.2 Å². The average molecular weight is 509 g/mol. The van der Waals surface area contributed by atoms with Gasteiger partial charge in [0.1, 0.15) is 5.69 Å². The molecule has 1 N–H and O–H groups in total. The first-order valence-electron chi connectivity index (χ1n) is 12.0. The van der Waals surface area contributed by atoms with Gasteiger partial charge in [-0.25, -0.2) is 4.98 Å². The highest BCUT2D eigenvalue weighted by Crippen LogP contribution is 2.45. The number of halogens is 1. The number of benzene rings is 1. The molecule has 2 aromatic heterocycles. The molecule has 8 heteroatoms. The third-order valence-corrected chi connectivity index (χ3v) is 8.45. The number of pyridine rings is 1. The van der Waals surface area contributed by atoms with Crippen LogP contribution in [-0.4, -0.2) is 45.8 Å². The molecule has 6 nitrogen and oxygen atoms in total. The molecule has 3 aromatic rings. The molecule has 0 bridgehead atoms. The highest BCUT2D eigenvalue weighted by Gasteiger charge is 2.48. The summed E-state index contributed by atoms with van der Waals surface area (Å²) in [6.45, 7) is 7.37. The number of fused-ring (bicyclic) bond motifs is 1. The fourth-order valence-electron chi connectivity index (χ4n) is 5.77. The van der Waals surface area contributed by atoms with Gasteiger partial charge in [-0.2, -0.15) is 0 Å². The molecule has 35 heavy (non-hydrogen) atoms. The normalized spacial score (nSPS) is 23.4. The third kappa shape index (κ3) is 4.84. The van der Waals surface area contributed by atoms with Gasteiger partial charge in [0.25, 0.3) is 11.8 Å². The quantitative estimate of drug-likeness (QED) is 0.501. The van der Waals surface area contributed by atoms with Crippen LogP contribution < -0.4 is 5.32 Å². The summed E-state index contributed by atoms with van der Waals surface area (Å²) in [6, 6.07) is 9.73. The van der Waals surface area contributed by atoms with Gasteiger partial charge in [0.05, 0.1) is 26.5 Å². The van der Waals surface area contributed by atoms with Crippen LogP contribution >= 0.6 is 22.9 Å². The second-order valence-electron chi connectivity index (χ2n) is 9.91. The molecule has 2 fully saturated rings. The van der Waals surface area contributed by atoms with Crippen LogP contribution in [0.5, 0.6) is 0 Å². The molecular formula is C27H29ClN4O2S. The second kappa shape index (κ2) is 9.70. The predicted octanol–water partition coefficient (Wildman–Crippen LogP) is 5.39. The van der Waals surface area contributed by atoms with E-state index in [9.17, 15) is 9.59 Å². The van der Waals surface area contributed by atoms with E-state index in [4.69, 9.17) is 11.6 Å². The molecule has 1 unspecified atom stereocenters. The van der Waals surface area contributed by atoms with Crippen molar-refractivity contribution in [3.05, 3.63) is 69.6 Å². The fourth-order valence-corrected chi connectivity index (χ4v) is 6.85. The number of aromatic nitrogens is 2. The smallest absolute Gasteiger partial charge is 0.274 e. The van der Waals surface area contributed by atoms with E-state index in [-0.39, 0.29) is 17.9 Å². The predicted molar refractivity (Wildman–Crippen MR) is 139 cm³/mol. The molecule has 1 saturated carbocycles. The molecule has 182 valence electrons. The van der Waals surface area contributed by atoms with Gasteiger partial charge in [-0.15, -0.1) is 11.3 Å². The van der Waals surface area contributed by atoms with E-state index < -0.39 is 0 Å². The van der Waals surface area contributed by atoms with Crippen LogP contribution in [0.15, 0.2) is 42.7 Å². The van der Waals surface area contributed by atoms with Crippen LogP contribution in [0, 0.1) is 31.6 Å². The van der Waals surface area contributed by atoms with Crippen molar-refractivity contribution in [1.82, 2.24) is 20.2 Å². The number of amides is 2. The zero-order chi connectivity index (χ0) is 24.7. The minimum atomic E-state index is -0.230. The number of carbonyl (C=O) groups excluding carboxylic acids is 2. The van der Waals surface area contributed by atoms with Crippen molar-refractivity contribution in [2.45, 2.75) is 39.7 Å². The molecule has 1 aliphatic heterocycles. The summed E-state index contributed by atoms with van der Waals surface area (Å²) in [5, 5.41) is 4.33. The Balaban J connectivity index is 1.41. The largest absolute Gasteiger partial charge is 0.350 e. The molecule has 5 rings (SSSR count). The zero-order valence-electron chi connectivity index (χ0n) is 20.1. The van der Waals surface area contributed by atoms with Crippen molar-refractivity contribution in [3.63, 3.8) is 0 Å². The second-order valence-corrected chi connectivity index (χ2v) is 11.5. The number of hydrogen-bond acceptors (Lipinski definition) is 5. The maximum absolute atomic E-state index is 14.0. The lowest BCUT2D eigenvalue weighted by molar-refractivity contribution is 0.0692. The molecule has 2 aliphatic rings. The summed E-state index contributed by atoms with van der Waals surface area (Å²) >= 11 is 7.57. The Bertz CT molecular complexity index is 1280. The SMILES string of the molecule is Cc1cccc(-c2sc(C)nc2C(=O)N2C[C@@H]3CC(C)C[C@@H]3[C@H]2CNC(=O)c2cncc(Cl)c2)c1. The van der Waals surface area contributed by atoms with Crippen molar-refractivity contribution in [2.24, 2.45) is 17.8 Å². The van der Waals surface area contributed by atoms with E-state index in [2.05, 4.69) is 41.3 Å². The Morgan fingerprint density at radius 1 is 1.20 bits per heavy atom. The van der Waals surface area contributed by atoms with E-state index in [0.29, 0.717) is 47.1 Å². The molecule has 1 saturated heterocycles. The minimum Gasteiger partial charge on any atom is -0.350 e. The van der Waals surface area contributed by atoms with Crippen LogP contribution in [0.1, 0.15) is 51.2 Å². The van der Waals surface area contributed by atoms with Crippen molar-refractivity contribution < 1.29 is 9.59 Å². The maximum Gasteiger partial charge on any atom is 0.274 e. The van der Waals surface area contributed by atoms with Crippen LogP contribution in [0.3, 0.4) is 0 Å². The number of thiazole rings is 1. The Labute approximate surface area is 214 Å². The molecule has 1 aromatic carbocycles. The van der Waals surface area contributed by atoms with E-state index in [1.165, 1.54) is 12.4 Å². The van der Waals surface area contributed by atoms with Crippen molar-refractivity contribution in [1.29, 1.82) is 0 Å². The minimum absolute atomic E-state index is 0.0448. The van der Waals surface area contributed by atoms with Gasteiger partial charge in [-0.3, -0.25) is 14.6 Å². The van der Waals surface area contributed by atoms with E-state index >= 15 is 0 Å². The molecule has 4 atom stereocenters. The van der Waals surface area contributed by atoms with Gasteiger partial charge in [0.2, 0.25) is 0 Å². The monoisotopic (exact) mass is 508 g/mol. The molecule has 3 heterocycles. The van der Waals surface area contributed by atoms with Gasteiger partial charge < -0.3 is 10.2 Å². The zero-order valence-corrected chi connectivity index (χ0v) is 21.7. The first kappa shape index (κ1) is 23.9. The van der Waals surface area contributed by atoms with E-state index in [0.717, 1.165) is 33.9 Å². The first-order valence-corrected chi connectivity index (χ1v) is 13.2. The van der Waals surface area contributed by atoms with E-state index in [1.54, 1.807) is 17.4 Å². The van der Waals surface area contributed by atoms with Gasteiger partial charge in [-0.05, 0) is 56.1 Å². The van der Waals surface area contributed by atoms with Crippen molar-refractivity contribution in [2.75, 3.05) is 13.1 Å². The maximum atomic E-state index is 14.0. The van der Waals surface area contributed by atoms with Crippen LogP contribution in [0.4, 0.5) is 0 Å². The molecular weight excluding hydrogens is 480 g/mol. The Morgan fingerprint density at radius 3 is 2.80 bits per heavy atom. The van der Waals surface area contributed by atoms with E-state index in [1.807, 2.05) is 24.0 Å². The highest BCUT2D eigenvalue weighted by molar-refractivity contribution is 7.15. The van der Waals surface area contributed by atoms with Crippen LogP contribution in [-0.2, 0) is 0 Å². The summed E-state index contributed by atoms with van der Waals surface area (Å²) in [6.07, 6.45) is 5.18.